The zero-order chi connectivity index (χ0) is 7.11. The number of hydrogen-bond acceptors (Lipinski definition) is 3. The van der Waals surface area contributed by atoms with E-state index in [2.05, 4.69) is 10.7 Å². The molecule has 0 amide bonds. The van der Waals surface area contributed by atoms with Crippen molar-refractivity contribution >= 4 is 5.78 Å². The molecular formula is C5H11NO2. The van der Waals surface area contributed by atoms with Gasteiger partial charge in [0, 0.05) is 7.79 Å². The van der Waals surface area contributed by atoms with Crippen molar-refractivity contribution in [1.29, 1.82) is 0 Å². The van der Waals surface area contributed by atoms with E-state index in [1.807, 2.05) is 0 Å². The average Bonchev–Trinajstić information content (AvgIpc) is 1.85. The summed E-state index contributed by atoms with van der Waals surface area (Å²) in [7, 11) is 0. The summed E-state index contributed by atoms with van der Waals surface area (Å²) in [6.07, 6.45) is 1.00. The van der Waals surface area contributed by atoms with E-state index in [9.17, 15) is 4.79 Å². The topological polar surface area (TPSA) is 52.3 Å². The van der Waals surface area contributed by atoms with Crippen LogP contribution in [0.2, 0.25) is 0 Å². The van der Waals surface area contributed by atoms with Gasteiger partial charge in [-0.15, -0.1) is 0 Å². The van der Waals surface area contributed by atoms with Gasteiger partial charge >= 0.3 is 0 Å². The van der Waals surface area contributed by atoms with Crippen LogP contribution in [0.1, 0.15) is 21.1 Å². The summed E-state index contributed by atoms with van der Waals surface area (Å²) in [4.78, 5) is 14.6. The van der Waals surface area contributed by atoms with Crippen molar-refractivity contribution in [2.45, 2.75) is 19.7 Å². The second kappa shape index (κ2) is 4.74. The molecule has 0 aliphatic heterocycles. The van der Waals surface area contributed by atoms with Gasteiger partial charge in [-0.3, -0.25) is 9.63 Å². The first-order valence-corrected chi connectivity index (χ1v) is 2.44. The summed E-state index contributed by atoms with van der Waals surface area (Å²) in [6, 6.07) is 0. The van der Waals surface area contributed by atoms with Crippen molar-refractivity contribution < 1.29 is 11.0 Å². The maximum Gasteiger partial charge on any atom is 0.160 e. The van der Waals surface area contributed by atoms with Crippen molar-refractivity contribution in [3.63, 3.8) is 0 Å². The van der Waals surface area contributed by atoms with Crippen molar-refractivity contribution in [2.75, 3.05) is 6.61 Å². The fourth-order valence-electron chi connectivity index (χ4n) is 0.362. The molecule has 0 saturated heterocycles. The highest BCUT2D eigenvalue weighted by molar-refractivity contribution is 5.79. The number of hydrogen-bond donors (Lipinski definition) is 1. The summed E-state index contributed by atoms with van der Waals surface area (Å²) in [5, 5.41) is 0. The van der Waals surface area contributed by atoms with Crippen LogP contribution in [0.3, 0.4) is 0 Å². The van der Waals surface area contributed by atoms with Gasteiger partial charge in [-0.25, -0.2) is 5.90 Å². The molecule has 0 aliphatic carbocycles. The maximum absolute atomic E-state index is 10.5. The van der Waals surface area contributed by atoms with Gasteiger partial charge in [-0.1, -0.05) is 6.90 Å². The molecule has 0 fully saturated rings. The molecule has 0 saturated carbocycles. The largest absolute Gasteiger partial charge is 0.297 e. The van der Waals surface area contributed by atoms with Crippen LogP contribution >= 0.6 is 0 Å². The zero-order valence-corrected chi connectivity index (χ0v) is 4.72. The average molecular weight is 118 g/mol. The Morgan fingerprint density at radius 3 is 3.25 bits per heavy atom. The molecule has 3 heteroatoms. The molecule has 0 rings (SSSR count). The Morgan fingerprint density at radius 2 is 2.75 bits per heavy atom. The molecule has 0 unspecified atom stereocenters. The van der Waals surface area contributed by atoms with E-state index in [1.165, 1.54) is 0 Å². The molecule has 0 aromatic heterocycles. The number of carbonyl (C=O) groups excluding carboxylic acids is 1. The summed E-state index contributed by atoms with van der Waals surface area (Å²) in [6.45, 7) is 0.260. The quantitative estimate of drug-likeness (QED) is 0.538. The Kier molecular flexibility index (Phi) is 3.39. The normalized spacial score (nSPS) is 10.9. The van der Waals surface area contributed by atoms with Gasteiger partial charge in [0.25, 0.3) is 0 Å². The lowest BCUT2D eigenvalue weighted by Gasteiger charge is -1.92. The van der Waals surface area contributed by atoms with Gasteiger partial charge in [-0.2, -0.15) is 0 Å². The predicted molar refractivity (Wildman–Crippen MR) is 30.1 cm³/mol. The Hall–Kier alpha value is -0.410. The Morgan fingerprint density at radius 1 is 2.00 bits per heavy atom. The third-order valence-corrected chi connectivity index (χ3v) is 0.700. The number of rotatable bonds is 4. The Labute approximate surface area is 50.2 Å². The second-order valence-electron chi connectivity index (χ2n) is 1.45. The number of Topliss-reactive ketones (excluding diaryl/α,β-unsaturated/α-hetero) is 1. The molecule has 0 heterocycles. The lowest BCUT2D eigenvalue weighted by molar-refractivity contribution is -0.123. The van der Waals surface area contributed by atoms with Gasteiger partial charge in [0.2, 0.25) is 0 Å². The van der Waals surface area contributed by atoms with Crippen LogP contribution < -0.4 is 5.90 Å². The van der Waals surface area contributed by atoms with Crippen LogP contribution in [-0.2, 0) is 9.63 Å². The minimum atomic E-state index is -0.0373. The van der Waals surface area contributed by atoms with Gasteiger partial charge < -0.3 is 0 Å². The first-order valence-electron chi connectivity index (χ1n) is 3.14. The summed E-state index contributed by atoms with van der Waals surface area (Å²) >= 11 is 0. The number of carbonyl (C=O) groups is 1. The van der Waals surface area contributed by atoms with Crippen LogP contribution in [0, 0.1) is 0 Å². The molecule has 8 heavy (non-hydrogen) atoms. The van der Waals surface area contributed by atoms with E-state index in [0.717, 1.165) is 0 Å². The van der Waals surface area contributed by atoms with E-state index >= 15 is 0 Å². The smallest absolute Gasteiger partial charge is 0.160 e. The minimum absolute atomic E-state index is 0.0278. The molecule has 0 aliphatic rings. The SMILES string of the molecule is [2H]CCCC(=O)CON. The van der Waals surface area contributed by atoms with Crippen molar-refractivity contribution in [3.05, 3.63) is 0 Å². The summed E-state index contributed by atoms with van der Waals surface area (Å²) in [5.74, 6) is 4.60. The van der Waals surface area contributed by atoms with Crippen LogP contribution in [0.4, 0.5) is 0 Å². The first kappa shape index (κ1) is 5.72. The minimum Gasteiger partial charge on any atom is -0.297 e. The third kappa shape index (κ3) is 3.77. The maximum atomic E-state index is 10.5. The van der Waals surface area contributed by atoms with Crippen molar-refractivity contribution in [1.82, 2.24) is 0 Å². The molecule has 3 nitrogen and oxygen atoms in total. The van der Waals surface area contributed by atoms with Gasteiger partial charge in [0.1, 0.15) is 6.61 Å². The zero-order valence-electron chi connectivity index (χ0n) is 5.72. The van der Waals surface area contributed by atoms with Gasteiger partial charge in [0.05, 0.1) is 0 Å². The van der Waals surface area contributed by atoms with Gasteiger partial charge in [-0.05, 0) is 6.42 Å². The molecule has 0 aromatic rings. The molecule has 0 radical (unpaired) electrons. The molecule has 0 bridgehead atoms. The van der Waals surface area contributed by atoms with Crippen LogP contribution in [0.25, 0.3) is 0 Å². The lowest BCUT2D eigenvalue weighted by Crippen LogP contribution is -2.11. The summed E-state index contributed by atoms with van der Waals surface area (Å²) in [5.41, 5.74) is 0. The van der Waals surface area contributed by atoms with Crippen LogP contribution in [0.15, 0.2) is 0 Å². The molecule has 2 N–H and O–H groups in total. The first-order chi connectivity index (χ1) is 4.31. The third-order valence-electron chi connectivity index (χ3n) is 0.700. The van der Waals surface area contributed by atoms with Crippen LogP contribution in [-0.4, -0.2) is 12.4 Å². The highest BCUT2D eigenvalue weighted by Crippen LogP contribution is 1.87. The van der Waals surface area contributed by atoms with E-state index in [1.54, 1.807) is 0 Å². The fraction of sp³-hybridized carbons (Fsp3) is 0.800. The van der Waals surface area contributed by atoms with E-state index in [0.29, 0.717) is 12.8 Å². The lowest BCUT2D eigenvalue weighted by atomic mass is 10.2. The predicted octanol–water partition coefficient (Wildman–Crippen LogP) is 0.246. The highest BCUT2D eigenvalue weighted by Gasteiger charge is 1.96. The molecular weight excluding hydrogens is 106 g/mol. The van der Waals surface area contributed by atoms with Crippen LogP contribution in [0.5, 0.6) is 0 Å². The summed E-state index contributed by atoms with van der Waals surface area (Å²) < 4.78 is 6.70. The van der Waals surface area contributed by atoms with E-state index in [4.69, 9.17) is 1.37 Å². The fourth-order valence-corrected chi connectivity index (χ4v) is 0.362. The number of nitrogens with two attached hydrogens (primary N) is 1. The molecule has 0 aromatic carbocycles. The number of ketones is 1. The standard InChI is InChI=1S/C5H11NO2/c1-2-3-5(7)4-8-6/h2-4,6H2,1H3/i1D. The van der Waals surface area contributed by atoms with E-state index < -0.39 is 0 Å². The molecule has 48 valence electrons. The van der Waals surface area contributed by atoms with Crippen molar-refractivity contribution in [2.24, 2.45) is 5.90 Å². The second-order valence-corrected chi connectivity index (χ2v) is 1.45. The Bertz CT molecular complexity index is 87.0. The molecule has 0 atom stereocenters. The molecule has 0 spiro atoms. The Balaban J connectivity index is 3.06. The van der Waals surface area contributed by atoms with Crippen molar-refractivity contribution in [3.8, 4) is 0 Å². The monoisotopic (exact) mass is 118 g/mol. The van der Waals surface area contributed by atoms with E-state index in [-0.39, 0.29) is 19.3 Å². The van der Waals surface area contributed by atoms with Gasteiger partial charge in [0.15, 0.2) is 5.78 Å². The highest BCUT2D eigenvalue weighted by atomic mass is 16.6.